The van der Waals surface area contributed by atoms with Crippen LogP contribution < -0.4 is 5.73 Å². The zero-order chi connectivity index (χ0) is 13.6. The van der Waals surface area contributed by atoms with Crippen LogP contribution in [0.1, 0.15) is 33.1 Å². The van der Waals surface area contributed by atoms with Crippen molar-refractivity contribution in [3.05, 3.63) is 0 Å². The zero-order valence-electron chi connectivity index (χ0n) is 12.2. The van der Waals surface area contributed by atoms with Gasteiger partial charge in [0.15, 0.2) is 0 Å². The monoisotopic (exact) mass is 258 g/mol. The summed E-state index contributed by atoms with van der Waals surface area (Å²) in [5.41, 5.74) is 6.66. The minimum atomic E-state index is 0.203. The van der Waals surface area contributed by atoms with Crippen molar-refractivity contribution in [3.63, 3.8) is 0 Å². The lowest BCUT2D eigenvalue weighted by Gasteiger charge is -2.41. The normalized spacial score (nSPS) is 27.7. The molecule has 1 rings (SSSR count). The molecular weight excluding hydrogens is 228 g/mol. The van der Waals surface area contributed by atoms with Crippen molar-refractivity contribution in [3.8, 4) is 0 Å². The molecule has 0 aromatic heterocycles. The van der Waals surface area contributed by atoms with Crippen LogP contribution in [0.2, 0.25) is 0 Å². The number of aliphatic hydroxyl groups excluding tert-OH is 1. The molecule has 0 spiro atoms. The van der Waals surface area contributed by atoms with Gasteiger partial charge in [0.05, 0.1) is 13.2 Å². The second-order valence-corrected chi connectivity index (χ2v) is 6.35. The van der Waals surface area contributed by atoms with Crippen LogP contribution >= 0.6 is 0 Å². The van der Waals surface area contributed by atoms with Crippen LogP contribution in [-0.2, 0) is 4.74 Å². The molecular formula is C14H30N2O2. The van der Waals surface area contributed by atoms with Crippen molar-refractivity contribution < 1.29 is 9.84 Å². The molecule has 0 aromatic carbocycles. The van der Waals surface area contributed by atoms with E-state index in [0.29, 0.717) is 30.5 Å². The van der Waals surface area contributed by atoms with E-state index in [0.717, 1.165) is 19.5 Å². The first-order chi connectivity index (χ1) is 8.48. The fourth-order valence-electron chi connectivity index (χ4n) is 2.94. The van der Waals surface area contributed by atoms with Crippen molar-refractivity contribution in [2.24, 2.45) is 17.1 Å². The highest BCUT2D eigenvalue weighted by Gasteiger charge is 2.33. The molecule has 18 heavy (non-hydrogen) atoms. The van der Waals surface area contributed by atoms with E-state index in [1.54, 1.807) is 7.11 Å². The topological polar surface area (TPSA) is 58.7 Å². The lowest BCUT2D eigenvalue weighted by atomic mass is 9.70. The highest BCUT2D eigenvalue weighted by molar-refractivity contribution is 4.88. The highest BCUT2D eigenvalue weighted by Crippen LogP contribution is 2.38. The SMILES string of the molecule is COCCN(CCO)CC1CC(C)(C)CCC1N. The van der Waals surface area contributed by atoms with Crippen molar-refractivity contribution in [1.82, 2.24) is 4.90 Å². The van der Waals surface area contributed by atoms with Gasteiger partial charge in [-0.2, -0.15) is 0 Å². The first-order valence-corrected chi connectivity index (χ1v) is 7.06. The smallest absolute Gasteiger partial charge is 0.0589 e. The molecule has 3 N–H and O–H groups in total. The van der Waals surface area contributed by atoms with Gasteiger partial charge in [0.25, 0.3) is 0 Å². The van der Waals surface area contributed by atoms with Crippen LogP contribution in [0.25, 0.3) is 0 Å². The molecule has 2 unspecified atom stereocenters. The molecule has 1 fully saturated rings. The number of aliphatic hydroxyl groups is 1. The van der Waals surface area contributed by atoms with Gasteiger partial charge in [0.1, 0.15) is 0 Å². The lowest BCUT2D eigenvalue weighted by molar-refractivity contribution is 0.0832. The summed E-state index contributed by atoms with van der Waals surface area (Å²) in [7, 11) is 1.71. The Kier molecular flexibility index (Phi) is 6.57. The highest BCUT2D eigenvalue weighted by atomic mass is 16.5. The van der Waals surface area contributed by atoms with Gasteiger partial charge >= 0.3 is 0 Å². The van der Waals surface area contributed by atoms with Gasteiger partial charge in [0, 0.05) is 32.8 Å². The summed E-state index contributed by atoms with van der Waals surface area (Å²) in [5, 5.41) is 9.12. The van der Waals surface area contributed by atoms with Gasteiger partial charge in [-0.15, -0.1) is 0 Å². The Hall–Kier alpha value is -0.160. The van der Waals surface area contributed by atoms with E-state index in [-0.39, 0.29) is 6.61 Å². The predicted octanol–water partition coefficient (Wildman–Crippen LogP) is 1.08. The van der Waals surface area contributed by atoms with Crippen LogP contribution in [0.4, 0.5) is 0 Å². The Morgan fingerprint density at radius 3 is 2.72 bits per heavy atom. The molecule has 1 aliphatic carbocycles. The third-order valence-electron chi connectivity index (χ3n) is 4.10. The van der Waals surface area contributed by atoms with E-state index in [1.807, 2.05) is 0 Å². The van der Waals surface area contributed by atoms with Gasteiger partial charge in [0.2, 0.25) is 0 Å². The number of methoxy groups -OCH3 is 1. The van der Waals surface area contributed by atoms with E-state index >= 15 is 0 Å². The van der Waals surface area contributed by atoms with Crippen LogP contribution in [0.3, 0.4) is 0 Å². The lowest BCUT2D eigenvalue weighted by Crippen LogP contribution is -2.46. The molecule has 1 aliphatic rings. The van der Waals surface area contributed by atoms with E-state index in [1.165, 1.54) is 12.8 Å². The van der Waals surface area contributed by atoms with Gasteiger partial charge in [-0.1, -0.05) is 13.8 Å². The molecule has 0 amide bonds. The Morgan fingerprint density at radius 1 is 1.39 bits per heavy atom. The Bertz CT molecular complexity index is 234. The first kappa shape index (κ1) is 15.9. The molecule has 0 radical (unpaired) electrons. The average molecular weight is 258 g/mol. The number of nitrogens with two attached hydrogens (primary N) is 1. The van der Waals surface area contributed by atoms with Gasteiger partial charge in [-0.3, -0.25) is 4.90 Å². The van der Waals surface area contributed by atoms with Crippen LogP contribution in [-0.4, -0.2) is 56.0 Å². The minimum Gasteiger partial charge on any atom is -0.395 e. The summed E-state index contributed by atoms with van der Waals surface area (Å²) < 4.78 is 5.12. The standard InChI is InChI=1S/C14H30N2O2/c1-14(2)5-4-13(15)12(10-14)11-16(6-8-17)7-9-18-3/h12-13,17H,4-11,15H2,1-3H3. The summed E-state index contributed by atoms with van der Waals surface area (Å²) in [4.78, 5) is 2.27. The predicted molar refractivity (Wildman–Crippen MR) is 74.5 cm³/mol. The quantitative estimate of drug-likeness (QED) is 0.717. The number of ether oxygens (including phenoxy) is 1. The average Bonchev–Trinajstić information content (AvgIpc) is 2.31. The molecule has 0 saturated heterocycles. The van der Waals surface area contributed by atoms with Gasteiger partial charge in [-0.25, -0.2) is 0 Å². The molecule has 108 valence electrons. The maximum Gasteiger partial charge on any atom is 0.0589 e. The maximum absolute atomic E-state index is 9.12. The Morgan fingerprint density at radius 2 is 2.11 bits per heavy atom. The number of hydrogen-bond donors (Lipinski definition) is 2. The molecule has 0 bridgehead atoms. The van der Waals surface area contributed by atoms with Crippen molar-refractivity contribution in [1.29, 1.82) is 0 Å². The largest absolute Gasteiger partial charge is 0.395 e. The third kappa shape index (κ3) is 5.22. The molecule has 1 saturated carbocycles. The minimum absolute atomic E-state index is 0.203. The van der Waals surface area contributed by atoms with Crippen molar-refractivity contribution >= 4 is 0 Å². The van der Waals surface area contributed by atoms with Crippen LogP contribution in [0.5, 0.6) is 0 Å². The second-order valence-electron chi connectivity index (χ2n) is 6.35. The molecule has 0 aromatic rings. The van der Waals surface area contributed by atoms with E-state index < -0.39 is 0 Å². The Balaban J connectivity index is 2.49. The number of rotatable bonds is 7. The summed E-state index contributed by atoms with van der Waals surface area (Å²) in [6.45, 7) is 8.15. The molecule has 0 heterocycles. The summed E-state index contributed by atoms with van der Waals surface area (Å²) in [6, 6.07) is 0.307. The second kappa shape index (κ2) is 7.43. The van der Waals surface area contributed by atoms with Crippen molar-refractivity contribution in [2.75, 3.05) is 40.0 Å². The van der Waals surface area contributed by atoms with Crippen LogP contribution in [0.15, 0.2) is 0 Å². The molecule has 2 atom stereocenters. The molecule has 0 aliphatic heterocycles. The van der Waals surface area contributed by atoms with E-state index in [4.69, 9.17) is 15.6 Å². The third-order valence-corrected chi connectivity index (χ3v) is 4.10. The van der Waals surface area contributed by atoms with E-state index in [9.17, 15) is 0 Å². The number of hydrogen-bond acceptors (Lipinski definition) is 4. The van der Waals surface area contributed by atoms with E-state index in [2.05, 4.69) is 18.7 Å². The summed E-state index contributed by atoms with van der Waals surface area (Å²) in [5.74, 6) is 0.539. The zero-order valence-corrected chi connectivity index (χ0v) is 12.2. The van der Waals surface area contributed by atoms with Crippen LogP contribution in [0, 0.1) is 11.3 Å². The maximum atomic E-state index is 9.12. The fraction of sp³-hybridized carbons (Fsp3) is 1.00. The Labute approximate surface area is 111 Å². The van der Waals surface area contributed by atoms with Gasteiger partial charge < -0.3 is 15.6 Å². The summed E-state index contributed by atoms with van der Waals surface area (Å²) in [6.07, 6.45) is 3.53. The van der Waals surface area contributed by atoms with Gasteiger partial charge in [-0.05, 0) is 30.6 Å². The summed E-state index contributed by atoms with van der Waals surface area (Å²) >= 11 is 0. The molecule has 4 nitrogen and oxygen atoms in total. The number of nitrogens with zero attached hydrogens (tertiary/aromatic N) is 1. The van der Waals surface area contributed by atoms with Crippen molar-refractivity contribution in [2.45, 2.75) is 39.2 Å². The molecule has 4 heteroatoms. The first-order valence-electron chi connectivity index (χ1n) is 7.06. The fourth-order valence-corrected chi connectivity index (χ4v) is 2.94.